The second-order valence-electron chi connectivity index (χ2n) is 2.34. The Bertz CT molecular complexity index is 378. The van der Waals surface area contributed by atoms with E-state index < -0.39 is 22.4 Å². The highest BCUT2D eigenvalue weighted by Gasteiger charge is 2.38. The van der Waals surface area contributed by atoms with Crippen molar-refractivity contribution in [3.63, 3.8) is 0 Å². The summed E-state index contributed by atoms with van der Waals surface area (Å²) in [4.78, 5) is 9.12. The Balaban J connectivity index is 3.38. The van der Waals surface area contributed by atoms with Gasteiger partial charge in [0.05, 0.1) is 11.0 Å². The number of rotatable bonds is 1. The van der Waals surface area contributed by atoms with E-state index in [0.717, 1.165) is 6.07 Å². The van der Waals surface area contributed by atoms with Gasteiger partial charge in [0, 0.05) is 4.47 Å². The molecule has 75 valence electrons. The number of nitro groups is 1. The summed E-state index contributed by atoms with van der Waals surface area (Å²) in [6, 6.07) is 3.66. The molecule has 0 aliphatic carbocycles. The van der Waals surface area contributed by atoms with Gasteiger partial charge in [-0.1, -0.05) is 15.9 Å². The van der Waals surface area contributed by atoms with Gasteiger partial charge in [0.25, 0.3) is 5.69 Å². The lowest BCUT2D eigenvalue weighted by Crippen LogP contribution is -2.08. The van der Waals surface area contributed by atoms with Crippen LogP contribution in [-0.4, -0.2) is 4.92 Å². The first kappa shape index (κ1) is 11.0. The highest BCUT2D eigenvalue weighted by molar-refractivity contribution is 9.10. The van der Waals surface area contributed by atoms with Crippen LogP contribution < -0.4 is 0 Å². The Hall–Kier alpha value is -1.11. The molecule has 0 aliphatic heterocycles. The minimum atomic E-state index is -4.75. The van der Waals surface area contributed by atoms with E-state index >= 15 is 0 Å². The van der Waals surface area contributed by atoms with Crippen LogP contribution in [0.15, 0.2) is 16.6 Å². The quantitative estimate of drug-likeness (QED) is 0.580. The molecule has 0 amide bonds. The molecule has 1 rings (SSSR count). The smallest absolute Gasteiger partial charge is 0.258 e. The summed E-state index contributed by atoms with van der Waals surface area (Å²) in [5, 5.41) is 10.2. The second kappa shape index (κ2) is 3.56. The molecule has 1 radical (unpaired) electrons. The summed E-state index contributed by atoms with van der Waals surface area (Å²) >= 11 is 2.78. The van der Waals surface area contributed by atoms with Crippen LogP contribution in [0.1, 0.15) is 5.56 Å². The minimum Gasteiger partial charge on any atom is -0.258 e. The summed E-state index contributed by atoms with van der Waals surface area (Å²) in [6.07, 6.45) is -4.75. The van der Waals surface area contributed by atoms with Gasteiger partial charge in [0.15, 0.2) is 0 Å². The fourth-order valence-electron chi connectivity index (χ4n) is 0.830. The van der Waals surface area contributed by atoms with Crippen LogP contribution in [0.25, 0.3) is 0 Å². The molecule has 7 heteroatoms. The summed E-state index contributed by atoms with van der Waals surface area (Å²) in [7, 11) is 0. The van der Waals surface area contributed by atoms with Gasteiger partial charge in [0.2, 0.25) is 0 Å². The van der Waals surface area contributed by atoms with E-state index in [-0.39, 0.29) is 4.47 Å². The Morgan fingerprint density at radius 3 is 2.50 bits per heavy atom. The van der Waals surface area contributed by atoms with Crippen LogP contribution in [0.5, 0.6) is 0 Å². The molecule has 3 nitrogen and oxygen atoms in total. The summed E-state index contributed by atoms with van der Waals surface area (Å²) in [5.74, 6) is 0. The molecule has 0 saturated heterocycles. The van der Waals surface area contributed by atoms with Gasteiger partial charge in [0.1, 0.15) is 5.56 Å². The third kappa shape index (κ3) is 2.22. The molecule has 0 aliphatic rings. The van der Waals surface area contributed by atoms with Crippen LogP contribution in [0.4, 0.5) is 18.9 Å². The van der Waals surface area contributed by atoms with Crippen molar-refractivity contribution in [1.82, 2.24) is 0 Å². The van der Waals surface area contributed by atoms with Gasteiger partial charge >= 0.3 is 6.18 Å². The zero-order chi connectivity index (χ0) is 10.9. The third-order valence-electron chi connectivity index (χ3n) is 1.37. The monoisotopic (exact) mass is 268 g/mol. The van der Waals surface area contributed by atoms with Gasteiger partial charge in [-0.05, 0) is 12.1 Å². The maximum atomic E-state index is 12.2. The molecular formula is C7H2BrF3NO2. The average Bonchev–Trinajstić information content (AvgIpc) is 2.01. The van der Waals surface area contributed by atoms with E-state index in [4.69, 9.17) is 0 Å². The van der Waals surface area contributed by atoms with Gasteiger partial charge < -0.3 is 0 Å². The lowest BCUT2D eigenvalue weighted by molar-refractivity contribution is -0.388. The lowest BCUT2D eigenvalue weighted by Gasteiger charge is -2.06. The molecule has 0 saturated carbocycles. The Morgan fingerprint density at radius 1 is 1.50 bits per heavy atom. The normalized spacial score (nSPS) is 11.4. The number of alkyl halides is 3. The van der Waals surface area contributed by atoms with E-state index in [9.17, 15) is 23.3 Å². The molecule has 0 spiro atoms. The van der Waals surface area contributed by atoms with Crippen molar-refractivity contribution in [2.45, 2.75) is 6.18 Å². The van der Waals surface area contributed by atoms with Crippen molar-refractivity contribution in [3.8, 4) is 0 Å². The molecule has 0 unspecified atom stereocenters. The van der Waals surface area contributed by atoms with Gasteiger partial charge in [-0.2, -0.15) is 13.2 Å². The van der Waals surface area contributed by atoms with E-state index in [1.54, 1.807) is 0 Å². The predicted molar refractivity (Wildman–Crippen MR) is 44.6 cm³/mol. The number of hydrogen-bond donors (Lipinski definition) is 0. The van der Waals surface area contributed by atoms with Gasteiger partial charge in [-0.25, -0.2) is 0 Å². The van der Waals surface area contributed by atoms with Crippen LogP contribution in [0.2, 0.25) is 0 Å². The van der Waals surface area contributed by atoms with E-state index in [2.05, 4.69) is 15.9 Å². The minimum absolute atomic E-state index is 0.0930. The van der Waals surface area contributed by atoms with E-state index in [0.29, 0.717) is 6.07 Å². The highest BCUT2D eigenvalue weighted by Crippen LogP contribution is 2.37. The number of nitro benzene ring substituents is 1. The second-order valence-corrected chi connectivity index (χ2v) is 3.25. The fourth-order valence-corrected chi connectivity index (χ4v) is 1.17. The average molecular weight is 269 g/mol. The maximum absolute atomic E-state index is 12.2. The SMILES string of the molecule is O=[N+]([O-])c1[c]cc(Br)cc1C(F)(F)F. The third-order valence-corrected chi connectivity index (χ3v) is 1.83. The molecule has 0 heterocycles. The molecule has 0 bridgehead atoms. The first-order valence-corrected chi connectivity index (χ1v) is 4.04. The van der Waals surface area contributed by atoms with Crippen LogP contribution in [0, 0.1) is 16.2 Å². The van der Waals surface area contributed by atoms with Gasteiger partial charge in [-0.3, -0.25) is 10.1 Å². The Kier molecular flexibility index (Phi) is 2.79. The molecule has 1 aromatic rings. The van der Waals surface area contributed by atoms with E-state index in [1.807, 2.05) is 6.07 Å². The van der Waals surface area contributed by atoms with Crippen molar-refractivity contribution in [2.75, 3.05) is 0 Å². The van der Waals surface area contributed by atoms with Crippen molar-refractivity contribution in [1.29, 1.82) is 0 Å². The van der Waals surface area contributed by atoms with Gasteiger partial charge in [-0.15, -0.1) is 0 Å². The van der Waals surface area contributed by atoms with Crippen molar-refractivity contribution in [2.24, 2.45) is 0 Å². The fraction of sp³-hybridized carbons (Fsp3) is 0.143. The zero-order valence-corrected chi connectivity index (χ0v) is 8.02. The molecule has 1 aromatic carbocycles. The summed E-state index contributed by atoms with van der Waals surface area (Å²) in [6.45, 7) is 0. The van der Waals surface area contributed by atoms with Crippen molar-refractivity contribution in [3.05, 3.63) is 38.3 Å². The predicted octanol–water partition coefficient (Wildman–Crippen LogP) is 3.18. The number of benzene rings is 1. The van der Waals surface area contributed by atoms with Crippen LogP contribution >= 0.6 is 15.9 Å². The van der Waals surface area contributed by atoms with Crippen LogP contribution in [-0.2, 0) is 6.18 Å². The highest BCUT2D eigenvalue weighted by atomic mass is 79.9. The Morgan fingerprint density at radius 2 is 2.07 bits per heavy atom. The standard InChI is InChI=1S/C7H2BrF3NO2/c8-4-1-2-6(12(13)14)5(3-4)7(9,10)11/h1,3H. The molecule has 0 N–H and O–H groups in total. The van der Waals surface area contributed by atoms with E-state index in [1.165, 1.54) is 0 Å². The molecular weight excluding hydrogens is 267 g/mol. The molecule has 0 atom stereocenters. The van der Waals surface area contributed by atoms with Crippen molar-refractivity contribution < 1.29 is 18.1 Å². The number of nitrogens with zero attached hydrogens (tertiary/aromatic N) is 1. The number of hydrogen-bond acceptors (Lipinski definition) is 2. The largest absolute Gasteiger partial charge is 0.423 e. The molecule has 0 fully saturated rings. The van der Waals surface area contributed by atoms with Crippen molar-refractivity contribution >= 4 is 21.6 Å². The first-order valence-electron chi connectivity index (χ1n) is 3.25. The van der Waals surface area contributed by atoms with Crippen LogP contribution in [0.3, 0.4) is 0 Å². The number of halogens is 4. The molecule has 0 aromatic heterocycles. The Labute approximate surface area is 84.8 Å². The first-order chi connectivity index (χ1) is 6.32. The molecule has 14 heavy (non-hydrogen) atoms. The summed E-state index contributed by atoms with van der Waals surface area (Å²) in [5.41, 5.74) is -2.38. The topological polar surface area (TPSA) is 43.1 Å². The summed E-state index contributed by atoms with van der Waals surface area (Å²) < 4.78 is 36.8. The maximum Gasteiger partial charge on any atom is 0.423 e. The lowest BCUT2D eigenvalue weighted by atomic mass is 10.2. The zero-order valence-electron chi connectivity index (χ0n) is 6.43.